The highest BCUT2D eigenvalue weighted by molar-refractivity contribution is 6.17. The van der Waals surface area contributed by atoms with Crippen LogP contribution in [-0.2, 0) is 9.47 Å². The number of halogens is 1. The number of unbranched alkanes of at least 4 members (excludes halogenated alkanes) is 9. The van der Waals surface area contributed by atoms with E-state index in [1.165, 1.54) is 57.8 Å². The molecular weight excluding hydrogens is 296 g/mol. The fraction of sp³-hybridized carbons (Fsp3) is 1.00. The lowest BCUT2D eigenvalue weighted by molar-refractivity contribution is -0.148. The lowest BCUT2D eigenvalue weighted by atomic mass is 10.1. The molecule has 0 aliphatic carbocycles. The molecule has 0 rings (SSSR count). The van der Waals surface area contributed by atoms with E-state index in [4.69, 9.17) is 21.1 Å². The summed E-state index contributed by atoms with van der Waals surface area (Å²) in [5.74, 6) is 0.805. The maximum Gasteiger partial charge on any atom is 0.157 e. The van der Waals surface area contributed by atoms with Crippen molar-refractivity contribution in [2.45, 2.75) is 104 Å². The van der Waals surface area contributed by atoms with Crippen molar-refractivity contribution in [1.82, 2.24) is 0 Å². The van der Waals surface area contributed by atoms with Gasteiger partial charge in [0, 0.05) is 19.1 Å². The molecule has 0 aromatic carbocycles. The maximum absolute atomic E-state index is 5.93. The largest absolute Gasteiger partial charge is 0.353 e. The SMILES string of the molecule is CCCCCOC(CCCCCCCCCl)OCCCCC. The minimum atomic E-state index is 0.0246. The van der Waals surface area contributed by atoms with Gasteiger partial charge in [0.05, 0.1) is 0 Å². The van der Waals surface area contributed by atoms with Crippen molar-refractivity contribution < 1.29 is 9.47 Å². The Morgan fingerprint density at radius 2 is 1.14 bits per heavy atom. The van der Waals surface area contributed by atoms with E-state index in [1.54, 1.807) is 0 Å². The number of hydrogen-bond acceptors (Lipinski definition) is 2. The van der Waals surface area contributed by atoms with Gasteiger partial charge in [0.25, 0.3) is 0 Å². The van der Waals surface area contributed by atoms with Crippen molar-refractivity contribution >= 4 is 11.6 Å². The Hall–Kier alpha value is 0.210. The minimum absolute atomic E-state index is 0.0246. The molecule has 3 heteroatoms. The van der Waals surface area contributed by atoms with Crippen LogP contribution in [0.4, 0.5) is 0 Å². The molecule has 0 aliphatic rings. The third-order valence-corrected chi connectivity index (χ3v) is 4.19. The van der Waals surface area contributed by atoms with Crippen molar-refractivity contribution in [1.29, 1.82) is 0 Å². The summed E-state index contributed by atoms with van der Waals surface area (Å²) in [6.07, 6.45) is 15.9. The molecule has 0 aromatic heterocycles. The van der Waals surface area contributed by atoms with Crippen LogP contribution in [-0.4, -0.2) is 25.4 Å². The quantitative estimate of drug-likeness (QED) is 0.158. The molecule has 0 heterocycles. The molecule has 0 saturated heterocycles. The van der Waals surface area contributed by atoms with E-state index in [1.807, 2.05) is 0 Å². The van der Waals surface area contributed by atoms with Gasteiger partial charge < -0.3 is 9.47 Å². The summed E-state index contributed by atoms with van der Waals surface area (Å²) in [6.45, 7) is 6.15. The van der Waals surface area contributed by atoms with Gasteiger partial charge in [-0.05, 0) is 32.1 Å². The monoisotopic (exact) mass is 334 g/mol. The molecule has 0 atom stereocenters. The molecule has 0 N–H and O–H groups in total. The third kappa shape index (κ3) is 16.6. The Balaban J connectivity index is 3.66. The Bertz CT molecular complexity index is 188. The third-order valence-electron chi connectivity index (χ3n) is 3.93. The Kier molecular flexibility index (Phi) is 19.4. The predicted molar refractivity (Wildman–Crippen MR) is 97.8 cm³/mol. The van der Waals surface area contributed by atoms with Crippen LogP contribution >= 0.6 is 11.6 Å². The van der Waals surface area contributed by atoms with Crippen molar-refractivity contribution in [3.05, 3.63) is 0 Å². The van der Waals surface area contributed by atoms with Gasteiger partial charge in [-0.25, -0.2) is 0 Å². The molecule has 0 bridgehead atoms. The Morgan fingerprint density at radius 3 is 1.64 bits per heavy atom. The summed E-state index contributed by atoms with van der Waals surface area (Å²) in [5.41, 5.74) is 0. The van der Waals surface area contributed by atoms with Gasteiger partial charge in [0.1, 0.15) is 0 Å². The summed E-state index contributed by atoms with van der Waals surface area (Å²) in [6, 6.07) is 0. The van der Waals surface area contributed by atoms with Crippen LogP contribution in [0.25, 0.3) is 0 Å². The van der Waals surface area contributed by atoms with E-state index in [0.29, 0.717) is 0 Å². The van der Waals surface area contributed by atoms with E-state index < -0.39 is 0 Å². The maximum atomic E-state index is 5.93. The average molecular weight is 335 g/mol. The zero-order valence-electron chi connectivity index (χ0n) is 15.1. The highest BCUT2D eigenvalue weighted by Gasteiger charge is 2.09. The highest BCUT2D eigenvalue weighted by atomic mass is 35.5. The van der Waals surface area contributed by atoms with Gasteiger partial charge in [-0.2, -0.15) is 0 Å². The van der Waals surface area contributed by atoms with E-state index in [2.05, 4.69) is 13.8 Å². The van der Waals surface area contributed by atoms with Crippen molar-refractivity contribution in [2.24, 2.45) is 0 Å². The number of ether oxygens (including phenoxy) is 2. The molecule has 0 saturated carbocycles. The van der Waals surface area contributed by atoms with Crippen molar-refractivity contribution in [2.75, 3.05) is 19.1 Å². The highest BCUT2D eigenvalue weighted by Crippen LogP contribution is 2.13. The molecule has 0 fully saturated rings. The molecular formula is C19H39ClO2. The zero-order chi connectivity index (χ0) is 16.3. The van der Waals surface area contributed by atoms with Crippen LogP contribution in [0.5, 0.6) is 0 Å². The summed E-state index contributed by atoms with van der Waals surface area (Å²) in [7, 11) is 0. The molecule has 0 aromatic rings. The Morgan fingerprint density at radius 1 is 0.636 bits per heavy atom. The smallest absolute Gasteiger partial charge is 0.157 e. The van der Waals surface area contributed by atoms with Crippen LogP contribution < -0.4 is 0 Å². The van der Waals surface area contributed by atoms with E-state index in [9.17, 15) is 0 Å². The van der Waals surface area contributed by atoms with Crippen LogP contribution in [0.15, 0.2) is 0 Å². The van der Waals surface area contributed by atoms with Gasteiger partial charge in [-0.3, -0.25) is 0 Å². The van der Waals surface area contributed by atoms with Crippen LogP contribution in [0.1, 0.15) is 97.3 Å². The summed E-state index contributed by atoms with van der Waals surface area (Å²) in [5, 5.41) is 0. The second-order valence-electron chi connectivity index (χ2n) is 6.18. The van der Waals surface area contributed by atoms with E-state index in [-0.39, 0.29) is 6.29 Å². The molecule has 134 valence electrons. The van der Waals surface area contributed by atoms with Crippen LogP contribution in [0.2, 0.25) is 0 Å². The van der Waals surface area contributed by atoms with Gasteiger partial charge in [-0.1, -0.05) is 65.2 Å². The second-order valence-corrected chi connectivity index (χ2v) is 6.56. The molecule has 2 nitrogen and oxygen atoms in total. The van der Waals surface area contributed by atoms with Crippen LogP contribution in [0, 0.1) is 0 Å². The summed E-state index contributed by atoms with van der Waals surface area (Å²) < 4.78 is 11.9. The molecule has 0 unspecified atom stereocenters. The zero-order valence-corrected chi connectivity index (χ0v) is 15.8. The first kappa shape index (κ1) is 22.2. The lowest BCUT2D eigenvalue weighted by Crippen LogP contribution is -2.19. The molecule has 22 heavy (non-hydrogen) atoms. The van der Waals surface area contributed by atoms with Crippen LogP contribution in [0.3, 0.4) is 0 Å². The topological polar surface area (TPSA) is 18.5 Å². The molecule has 0 aliphatic heterocycles. The van der Waals surface area contributed by atoms with Crippen molar-refractivity contribution in [3.8, 4) is 0 Å². The molecule has 0 radical (unpaired) electrons. The predicted octanol–water partition coefficient (Wildman–Crippen LogP) is 6.70. The minimum Gasteiger partial charge on any atom is -0.353 e. The van der Waals surface area contributed by atoms with Gasteiger partial charge in [0.2, 0.25) is 0 Å². The van der Waals surface area contributed by atoms with E-state index in [0.717, 1.165) is 44.8 Å². The fourth-order valence-electron chi connectivity index (χ4n) is 2.46. The average Bonchev–Trinajstić information content (AvgIpc) is 2.53. The number of alkyl halides is 1. The normalized spacial score (nSPS) is 11.5. The van der Waals surface area contributed by atoms with Gasteiger partial charge in [0.15, 0.2) is 6.29 Å². The number of hydrogen-bond donors (Lipinski definition) is 0. The van der Waals surface area contributed by atoms with E-state index >= 15 is 0 Å². The lowest BCUT2D eigenvalue weighted by Gasteiger charge is -2.18. The first-order valence-electron chi connectivity index (χ1n) is 9.64. The fourth-order valence-corrected chi connectivity index (χ4v) is 2.65. The summed E-state index contributed by atoms with van der Waals surface area (Å²) >= 11 is 5.69. The molecule has 0 amide bonds. The first-order chi connectivity index (χ1) is 10.8. The summed E-state index contributed by atoms with van der Waals surface area (Å²) in [4.78, 5) is 0. The van der Waals surface area contributed by atoms with Crippen molar-refractivity contribution in [3.63, 3.8) is 0 Å². The molecule has 0 spiro atoms. The second kappa shape index (κ2) is 19.3. The Labute approximate surface area is 144 Å². The standard InChI is InChI=1S/C19H39ClO2/c1-3-5-13-17-21-19(22-18-14-6-4-2)15-11-9-7-8-10-12-16-20/h19H,3-18H2,1-2H3. The first-order valence-corrected chi connectivity index (χ1v) is 10.2. The number of rotatable bonds is 18. The van der Waals surface area contributed by atoms with Gasteiger partial charge >= 0.3 is 0 Å². The van der Waals surface area contributed by atoms with Gasteiger partial charge in [-0.15, -0.1) is 11.6 Å².